The van der Waals surface area contributed by atoms with E-state index in [2.05, 4.69) is 72.3 Å². The van der Waals surface area contributed by atoms with E-state index in [1.807, 2.05) is 0 Å². The molecule has 1 heterocycles. The number of aliphatic hydroxyl groups is 2. The van der Waals surface area contributed by atoms with Crippen molar-refractivity contribution in [2.75, 3.05) is 45.9 Å². The second-order valence-electron chi connectivity index (χ2n) is 21.6. The molecule has 84 heavy (non-hydrogen) atoms. The number of nitrogens with one attached hydrogen (secondary N) is 11. The Bertz CT molecular complexity index is 2280. The average molecular weight is 1190 g/mol. The number of carbonyl (C=O) groups excluding carboxylic acids is 11. The molecule has 0 saturated carbocycles. The molecule has 11 amide bonds. The highest BCUT2D eigenvalue weighted by Gasteiger charge is 2.37. The van der Waals surface area contributed by atoms with E-state index >= 15 is 0 Å². The van der Waals surface area contributed by atoms with E-state index < -0.39 is 151 Å². The topological polar surface area (TPSA) is 491 Å². The predicted octanol–water partition coefficient (Wildman–Crippen LogP) is -5.63. The molecule has 1 aromatic carbocycles. The highest BCUT2D eigenvalue weighted by Crippen LogP contribution is 2.14. The number of amides is 11. The summed E-state index contributed by atoms with van der Waals surface area (Å²) >= 11 is 0. The third-order valence-electron chi connectivity index (χ3n) is 14.0. The second kappa shape index (κ2) is 39.6. The number of rotatable bonds is 29. The van der Waals surface area contributed by atoms with Gasteiger partial charge in [-0.1, -0.05) is 77.3 Å². The zero-order valence-corrected chi connectivity index (χ0v) is 49.3. The SMILES string of the molecule is CCC(C)CCCCC(=O)N[C@@H](CCN)C(=O)N[C@@H](CO)C(=O)N[C@@H](CCN)C(=O)N[C@H]1CCNC(=O)[C@H]([C@@H](C)O)NC(=O)[C@H](CCN)NC(=O)[C@H](CCN)NC(=O)[C@H](CC(C)C)NC(=O)[C@@H](Cc2ccccc2)NC(=O)[C@H](CCN)NC1=O. The number of nitrogens with two attached hydrogens (primary N) is 5. The van der Waals surface area contributed by atoms with E-state index in [4.69, 9.17) is 28.7 Å². The molecule has 0 aromatic heterocycles. The molecular formula is C55H96N16O13. The summed E-state index contributed by atoms with van der Waals surface area (Å²) in [5, 5.41) is 49.0. The molecular weight excluding hydrogens is 1090 g/mol. The first-order valence-electron chi connectivity index (χ1n) is 29.1. The van der Waals surface area contributed by atoms with Gasteiger partial charge in [0.05, 0.1) is 12.7 Å². The molecule has 23 N–H and O–H groups in total. The van der Waals surface area contributed by atoms with Crippen molar-refractivity contribution in [3.8, 4) is 0 Å². The minimum Gasteiger partial charge on any atom is -0.394 e. The van der Waals surface area contributed by atoms with E-state index in [9.17, 15) is 63.0 Å². The summed E-state index contributed by atoms with van der Waals surface area (Å²) < 4.78 is 0. The quantitative estimate of drug-likeness (QED) is 0.0333. The first-order valence-corrected chi connectivity index (χ1v) is 29.1. The summed E-state index contributed by atoms with van der Waals surface area (Å²) in [7, 11) is 0. The van der Waals surface area contributed by atoms with Gasteiger partial charge in [-0.3, -0.25) is 52.7 Å². The second-order valence-corrected chi connectivity index (χ2v) is 21.6. The Morgan fingerprint density at radius 3 is 1.56 bits per heavy atom. The van der Waals surface area contributed by atoms with Crippen molar-refractivity contribution in [1.29, 1.82) is 0 Å². The van der Waals surface area contributed by atoms with Crippen molar-refractivity contribution < 1.29 is 63.0 Å². The normalized spacial score (nSPS) is 22.6. The molecule has 0 spiro atoms. The Morgan fingerprint density at radius 2 is 1.05 bits per heavy atom. The molecule has 1 aromatic rings. The number of unbranched alkanes of at least 4 members (excludes halogenated alkanes) is 1. The van der Waals surface area contributed by atoms with Crippen LogP contribution in [0, 0.1) is 11.8 Å². The smallest absolute Gasteiger partial charge is 0.245 e. The molecule has 1 fully saturated rings. The van der Waals surface area contributed by atoms with Crippen LogP contribution >= 0.6 is 0 Å². The molecule has 0 aliphatic carbocycles. The Hall–Kier alpha value is -6.89. The molecule has 29 nitrogen and oxygen atoms in total. The van der Waals surface area contributed by atoms with Gasteiger partial charge in [-0.2, -0.15) is 0 Å². The summed E-state index contributed by atoms with van der Waals surface area (Å²) in [6.45, 7) is 6.85. The summed E-state index contributed by atoms with van der Waals surface area (Å²) in [6.07, 6.45) is 0.549. The van der Waals surface area contributed by atoms with Gasteiger partial charge in [0.15, 0.2) is 0 Å². The van der Waals surface area contributed by atoms with Crippen molar-refractivity contribution in [3.63, 3.8) is 0 Å². The standard InChI is InChI=1S/C55H96N16O13/c1-6-32(4)12-10-11-15-44(74)62-35(16-22-56)46(75)70-43(30-72)54(83)66-37(18-24-58)48(77)67-40-21-27-61-55(84)45(33(5)73)71-51(80)39(20-26-60)64-47(76)36(17-23-57)65-52(81)41(28-31(2)3)68-53(82)42(29-34-13-8-7-9-14-34)69-49(78)38(19-25-59)63-50(40)79/h7-9,13-14,31-33,35-43,45,72-73H,6,10-12,15-30,56-60H2,1-5H3,(H,61,84)(H,62,74)(H,63,79)(H,64,76)(H,65,81)(H,66,83)(H,67,77)(H,68,82)(H,69,78)(H,70,75)(H,71,80)/t32?,33-,35+,36+,37+,38+,39+,40+,41+,42-,43+,45+/m1/s1. The fourth-order valence-electron chi connectivity index (χ4n) is 8.94. The van der Waals surface area contributed by atoms with Crippen LogP contribution in [0.5, 0.6) is 0 Å². The van der Waals surface area contributed by atoms with E-state index in [0.29, 0.717) is 17.9 Å². The lowest BCUT2D eigenvalue weighted by atomic mass is 10.00. The molecule has 0 bridgehead atoms. The molecule has 29 heteroatoms. The Labute approximate surface area is 491 Å². The Balaban J connectivity index is 2.65. The fourth-order valence-corrected chi connectivity index (χ4v) is 8.94. The summed E-state index contributed by atoms with van der Waals surface area (Å²) in [5.74, 6) is -9.44. The van der Waals surface area contributed by atoms with Gasteiger partial charge in [0, 0.05) is 19.4 Å². The number of benzene rings is 1. The number of hydrogen-bond acceptors (Lipinski definition) is 18. The van der Waals surface area contributed by atoms with Crippen molar-refractivity contribution >= 4 is 65.0 Å². The van der Waals surface area contributed by atoms with Crippen LogP contribution in [0.3, 0.4) is 0 Å². The third kappa shape index (κ3) is 26.4. The van der Waals surface area contributed by atoms with Gasteiger partial charge < -0.3 is 97.4 Å². The molecule has 1 aliphatic rings. The van der Waals surface area contributed by atoms with Crippen molar-refractivity contribution in [3.05, 3.63) is 35.9 Å². The largest absolute Gasteiger partial charge is 0.394 e. The van der Waals surface area contributed by atoms with Gasteiger partial charge in [-0.15, -0.1) is 0 Å². The Kier molecular flexibility index (Phi) is 34.5. The van der Waals surface area contributed by atoms with Crippen LogP contribution in [0.25, 0.3) is 0 Å². The van der Waals surface area contributed by atoms with Crippen molar-refractivity contribution in [2.45, 2.75) is 185 Å². The zero-order valence-electron chi connectivity index (χ0n) is 49.3. The van der Waals surface area contributed by atoms with Gasteiger partial charge in [0.25, 0.3) is 0 Å². The molecule has 2 rings (SSSR count). The fraction of sp³-hybridized carbons (Fsp3) is 0.691. The number of carbonyl (C=O) groups is 11. The maximum absolute atomic E-state index is 14.5. The maximum Gasteiger partial charge on any atom is 0.245 e. The van der Waals surface area contributed by atoms with Crippen molar-refractivity contribution in [1.82, 2.24) is 58.5 Å². The van der Waals surface area contributed by atoms with Crippen LogP contribution in [-0.4, -0.2) is 188 Å². The van der Waals surface area contributed by atoms with Crippen LogP contribution in [0.15, 0.2) is 30.3 Å². The number of hydrogen-bond donors (Lipinski definition) is 18. The summed E-state index contributed by atoms with van der Waals surface area (Å²) in [6, 6.07) is -6.16. The van der Waals surface area contributed by atoms with E-state index in [1.54, 1.807) is 44.2 Å². The summed E-state index contributed by atoms with van der Waals surface area (Å²) in [5.41, 5.74) is 29.9. The van der Waals surface area contributed by atoms with Crippen LogP contribution in [-0.2, 0) is 59.2 Å². The van der Waals surface area contributed by atoms with Crippen molar-refractivity contribution in [2.24, 2.45) is 40.5 Å². The van der Waals surface area contributed by atoms with Gasteiger partial charge in [0.2, 0.25) is 65.0 Å². The molecule has 474 valence electrons. The number of aliphatic hydroxyl groups excluding tert-OH is 2. The minimum absolute atomic E-state index is 0.0117. The highest BCUT2D eigenvalue weighted by atomic mass is 16.3. The molecule has 1 aliphatic heterocycles. The van der Waals surface area contributed by atoms with Crippen LogP contribution < -0.4 is 87.2 Å². The van der Waals surface area contributed by atoms with Gasteiger partial charge in [0.1, 0.15) is 60.4 Å². The van der Waals surface area contributed by atoms with Crippen LogP contribution in [0.1, 0.15) is 117 Å². The van der Waals surface area contributed by atoms with Gasteiger partial charge >= 0.3 is 0 Å². The summed E-state index contributed by atoms with van der Waals surface area (Å²) in [4.78, 5) is 153. The van der Waals surface area contributed by atoms with Gasteiger partial charge in [-0.25, -0.2) is 0 Å². The Morgan fingerprint density at radius 1 is 0.571 bits per heavy atom. The monoisotopic (exact) mass is 1190 g/mol. The lowest BCUT2D eigenvalue weighted by Gasteiger charge is -2.28. The lowest BCUT2D eigenvalue weighted by Crippen LogP contribution is -2.61. The minimum atomic E-state index is -1.69. The van der Waals surface area contributed by atoms with E-state index in [-0.39, 0.29) is 90.0 Å². The molecule has 0 radical (unpaired) electrons. The first kappa shape index (κ1) is 73.2. The first-order chi connectivity index (χ1) is 40.0. The van der Waals surface area contributed by atoms with E-state index in [1.165, 1.54) is 6.92 Å². The molecule has 1 saturated heterocycles. The lowest BCUT2D eigenvalue weighted by molar-refractivity contribution is -0.136. The highest BCUT2D eigenvalue weighted by molar-refractivity contribution is 5.99. The zero-order chi connectivity index (χ0) is 62.9. The van der Waals surface area contributed by atoms with Gasteiger partial charge in [-0.05, 0) is 108 Å². The average Bonchev–Trinajstić information content (AvgIpc) is 3.66. The molecule has 1 unspecified atom stereocenters. The third-order valence-corrected chi connectivity index (χ3v) is 14.0. The van der Waals surface area contributed by atoms with Crippen LogP contribution in [0.2, 0.25) is 0 Å². The van der Waals surface area contributed by atoms with E-state index in [0.717, 1.165) is 19.3 Å². The molecule has 12 atom stereocenters. The predicted molar refractivity (Wildman–Crippen MR) is 312 cm³/mol. The van der Waals surface area contributed by atoms with Crippen LogP contribution in [0.4, 0.5) is 0 Å². The maximum atomic E-state index is 14.5.